The van der Waals surface area contributed by atoms with E-state index in [0.29, 0.717) is 50.3 Å². The second-order valence-electron chi connectivity index (χ2n) is 13.0. The molecule has 3 heterocycles. The molecule has 0 unspecified atom stereocenters. The normalized spacial score (nSPS) is 16.6. The van der Waals surface area contributed by atoms with E-state index in [1.807, 2.05) is 40.5 Å². The average molecular weight is 741 g/mol. The second-order valence-corrected chi connectivity index (χ2v) is 13.8. The zero-order chi connectivity index (χ0) is 39.2. The highest BCUT2D eigenvalue weighted by atomic mass is 32.2. The molecule has 1 spiro atoms. The highest BCUT2D eigenvalue weighted by Crippen LogP contribution is 2.44. The topological polar surface area (TPSA) is 165 Å². The Morgan fingerprint density at radius 1 is 0.769 bits per heavy atom. The summed E-state index contributed by atoms with van der Waals surface area (Å²) in [6.45, 7) is 11.9. The van der Waals surface area contributed by atoms with Gasteiger partial charge in [-0.3, -0.25) is 28.9 Å². The molecule has 0 radical (unpaired) electrons. The van der Waals surface area contributed by atoms with Gasteiger partial charge in [0.25, 0.3) is 0 Å². The van der Waals surface area contributed by atoms with Crippen LogP contribution in [0.1, 0.15) is 83.1 Å². The van der Waals surface area contributed by atoms with Crippen molar-refractivity contribution in [3.05, 3.63) is 65.7 Å². The third-order valence-electron chi connectivity index (χ3n) is 9.47. The summed E-state index contributed by atoms with van der Waals surface area (Å²) < 4.78 is 0. The van der Waals surface area contributed by atoms with Gasteiger partial charge in [0, 0.05) is 65.0 Å². The van der Waals surface area contributed by atoms with E-state index in [1.54, 1.807) is 54.8 Å². The highest BCUT2D eigenvalue weighted by Gasteiger charge is 2.45. The van der Waals surface area contributed by atoms with Gasteiger partial charge in [0.2, 0.25) is 23.6 Å². The standard InChI is InChI=1S/C18H22N2O4.C18H22N2O2.C2H6S.H2O3/c1-13(22)16-6-4-5-7-17(16)20(15(3)24)18(12-21)8-10-19(11-9-18)14(2)23;1-13-12-18(8-10-19(11-9-18)14(2)21)20(15(3)22)17-7-5-4-6-16(13)17;2*1-3-2/h4-7,12H,8-11H2,1-3H3;4-7,12H,8-11H2,1-3H3;1-2H3;1-2H. The quantitative estimate of drug-likeness (QED) is 0.175. The summed E-state index contributed by atoms with van der Waals surface area (Å²) in [5, 5.41) is 15.5. The molecule has 52 heavy (non-hydrogen) atoms. The van der Waals surface area contributed by atoms with E-state index in [2.05, 4.69) is 24.1 Å². The minimum absolute atomic E-state index is 0.0481. The van der Waals surface area contributed by atoms with E-state index < -0.39 is 5.54 Å². The molecule has 2 N–H and O–H groups in total. The van der Waals surface area contributed by atoms with Crippen LogP contribution in [0.2, 0.25) is 0 Å². The molecule has 0 saturated carbocycles. The van der Waals surface area contributed by atoms with Crippen molar-refractivity contribution in [2.45, 2.75) is 78.3 Å². The maximum atomic E-state index is 12.4. The van der Waals surface area contributed by atoms with Gasteiger partial charge in [-0.15, -0.1) is 0 Å². The molecule has 5 rings (SSSR count). The largest absolute Gasteiger partial charge is 0.343 e. The number of fused-ring (bicyclic) bond motifs is 1. The van der Waals surface area contributed by atoms with Gasteiger partial charge < -0.3 is 19.5 Å². The number of nitrogens with zero attached hydrogens (tertiary/aromatic N) is 4. The summed E-state index contributed by atoms with van der Waals surface area (Å²) >= 11 is 1.75. The smallest absolute Gasteiger partial charge is 0.224 e. The fraction of sp³-hybridized carbons (Fsp3) is 0.474. The van der Waals surface area contributed by atoms with Gasteiger partial charge in [-0.05, 0) is 75.8 Å². The first-order chi connectivity index (χ1) is 24.6. The molecule has 13 nitrogen and oxygen atoms in total. The maximum Gasteiger partial charge on any atom is 0.224 e. The minimum atomic E-state index is -1.04. The lowest BCUT2D eigenvalue weighted by Crippen LogP contribution is -2.59. The summed E-state index contributed by atoms with van der Waals surface area (Å²) in [5.41, 5.74) is 2.84. The number of likely N-dealkylation sites (tertiary alicyclic amines) is 2. The average Bonchev–Trinajstić information content (AvgIpc) is 3.09. The van der Waals surface area contributed by atoms with E-state index in [0.717, 1.165) is 30.4 Å². The molecular formula is C38H52N4O9S. The fourth-order valence-corrected chi connectivity index (χ4v) is 7.14. The Bertz CT molecular complexity index is 1610. The molecule has 4 amide bonds. The molecule has 3 aliphatic rings. The molecule has 2 saturated heterocycles. The van der Waals surface area contributed by atoms with Crippen molar-refractivity contribution >= 4 is 64.4 Å². The number of rotatable bonds is 4. The zero-order valence-electron chi connectivity index (χ0n) is 31.4. The Hall–Kier alpha value is -4.37. The number of Topliss-reactive ketones (excluding diaryl/α,β-unsaturated/α-hetero) is 1. The van der Waals surface area contributed by atoms with Gasteiger partial charge >= 0.3 is 0 Å². The monoisotopic (exact) mass is 740 g/mol. The summed E-state index contributed by atoms with van der Waals surface area (Å²) in [5.74, 6) is -0.340. The van der Waals surface area contributed by atoms with E-state index in [1.165, 1.54) is 31.2 Å². The lowest BCUT2D eigenvalue weighted by Gasteiger charge is -2.49. The number of carbonyl (C=O) groups excluding carboxylic acids is 6. The van der Waals surface area contributed by atoms with Gasteiger partial charge in [-0.1, -0.05) is 41.4 Å². The van der Waals surface area contributed by atoms with Gasteiger partial charge in [-0.2, -0.15) is 11.8 Å². The van der Waals surface area contributed by atoms with E-state index in [-0.39, 0.29) is 35.0 Å². The number of hydrogen-bond acceptors (Lipinski definition) is 10. The Balaban J connectivity index is 0.000000313. The van der Waals surface area contributed by atoms with Gasteiger partial charge in [0.05, 0.1) is 16.9 Å². The molecule has 2 fully saturated rings. The Morgan fingerprint density at radius 2 is 1.23 bits per heavy atom. The summed E-state index contributed by atoms with van der Waals surface area (Å²) in [4.78, 5) is 78.7. The van der Waals surface area contributed by atoms with Crippen LogP contribution in [0.15, 0.2) is 54.6 Å². The van der Waals surface area contributed by atoms with Crippen LogP contribution in [0, 0.1) is 0 Å². The van der Waals surface area contributed by atoms with E-state index in [4.69, 9.17) is 10.5 Å². The number of ketones is 1. The fourth-order valence-electron chi connectivity index (χ4n) is 7.14. The number of piperidine rings is 2. The summed E-state index contributed by atoms with van der Waals surface area (Å²) in [7, 11) is 0. The minimum Gasteiger partial charge on any atom is -0.343 e. The number of aldehydes is 1. The highest BCUT2D eigenvalue weighted by molar-refractivity contribution is 7.97. The molecule has 0 atom stereocenters. The van der Waals surface area contributed by atoms with Crippen LogP contribution in [-0.4, -0.2) is 106 Å². The van der Waals surface area contributed by atoms with Crippen molar-refractivity contribution in [3.63, 3.8) is 0 Å². The van der Waals surface area contributed by atoms with Crippen LogP contribution in [0.25, 0.3) is 5.57 Å². The van der Waals surface area contributed by atoms with Gasteiger partial charge in [0.15, 0.2) is 5.78 Å². The van der Waals surface area contributed by atoms with Crippen molar-refractivity contribution in [2.24, 2.45) is 0 Å². The van der Waals surface area contributed by atoms with E-state index in [9.17, 15) is 28.8 Å². The number of benzene rings is 2. The van der Waals surface area contributed by atoms with Crippen LogP contribution in [0.3, 0.4) is 0 Å². The first kappa shape index (κ1) is 43.8. The third-order valence-corrected chi connectivity index (χ3v) is 9.47. The molecule has 284 valence electrons. The van der Waals surface area contributed by atoms with Crippen molar-refractivity contribution in [2.75, 3.05) is 48.5 Å². The number of amides is 4. The van der Waals surface area contributed by atoms with Crippen molar-refractivity contribution in [3.8, 4) is 0 Å². The SMILES string of the molecule is CC(=O)N1CCC2(C=C(C)c3ccccc3N2C(C)=O)CC1.CC(=O)c1ccccc1N(C(C)=O)C1(C=O)CCN(C(C)=O)CC1.CSC.OOO. The predicted octanol–water partition coefficient (Wildman–Crippen LogP) is 5.59. The van der Waals surface area contributed by atoms with Crippen LogP contribution >= 0.6 is 11.8 Å². The number of hydrogen-bond donors (Lipinski definition) is 2. The first-order valence-electron chi connectivity index (χ1n) is 16.9. The van der Waals surface area contributed by atoms with Crippen molar-refractivity contribution in [1.82, 2.24) is 9.80 Å². The Labute approximate surface area is 310 Å². The number of para-hydroxylation sites is 2. The number of anilines is 2. The molecule has 0 aromatic heterocycles. The number of allylic oxidation sites excluding steroid dienone is 1. The van der Waals surface area contributed by atoms with Crippen LogP contribution in [-0.2, 0) is 29.0 Å². The predicted molar refractivity (Wildman–Crippen MR) is 203 cm³/mol. The molecule has 2 aromatic carbocycles. The lowest BCUT2D eigenvalue weighted by atomic mass is 9.79. The third kappa shape index (κ3) is 10.4. The lowest BCUT2D eigenvalue weighted by molar-refractivity contribution is -0.465. The van der Waals surface area contributed by atoms with Crippen molar-refractivity contribution in [1.29, 1.82) is 0 Å². The van der Waals surface area contributed by atoms with Crippen LogP contribution < -0.4 is 9.80 Å². The molecule has 0 aliphatic carbocycles. The Kier molecular flexibility index (Phi) is 16.9. The number of carbonyl (C=O) groups is 6. The summed E-state index contributed by atoms with van der Waals surface area (Å²) in [6.07, 6.45) is 9.37. The van der Waals surface area contributed by atoms with E-state index >= 15 is 0 Å². The molecule has 3 aliphatic heterocycles. The summed E-state index contributed by atoms with van der Waals surface area (Å²) in [6, 6.07) is 14.9. The first-order valence-corrected chi connectivity index (χ1v) is 18.6. The maximum absolute atomic E-state index is 12.4. The van der Waals surface area contributed by atoms with Gasteiger partial charge in [0.1, 0.15) is 11.8 Å². The van der Waals surface area contributed by atoms with Crippen LogP contribution in [0.5, 0.6) is 0 Å². The van der Waals surface area contributed by atoms with Crippen molar-refractivity contribution < 1.29 is 44.3 Å². The Morgan fingerprint density at radius 3 is 1.67 bits per heavy atom. The molecular weight excluding hydrogens is 689 g/mol. The molecule has 2 aromatic rings. The zero-order valence-corrected chi connectivity index (χ0v) is 32.2. The second kappa shape index (κ2) is 20.0. The van der Waals surface area contributed by atoms with Crippen LogP contribution in [0.4, 0.5) is 11.4 Å². The molecule has 14 heteroatoms. The molecule has 0 bridgehead atoms. The number of thioether (sulfide) groups is 1. The van der Waals surface area contributed by atoms with Gasteiger partial charge in [-0.25, -0.2) is 10.5 Å².